The Morgan fingerprint density at radius 3 is 2.48 bits per heavy atom. The van der Waals surface area contributed by atoms with Crippen LogP contribution in [-0.4, -0.2) is 163 Å². The van der Waals surface area contributed by atoms with Gasteiger partial charge in [-0.2, -0.15) is 5.43 Å². The molecular formula is C60H80N9O9S+. The number of nitrogens with zero attached hydrogens (tertiary/aromatic N) is 7. The fourth-order valence-corrected chi connectivity index (χ4v) is 14.6. The lowest BCUT2D eigenvalue weighted by Crippen LogP contribution is -2.73. The van der Waals surface area contributed by atoms with Crippen LogP contribution >= 0.6 is 11.3 Å². The number of amides is 2. The number of aromatic nitrogens is 3. The second-order valence-corrected chi connectivity index (χ2v) is 25.7. The molecule has 3 aromatic heterocycles. The molecule has 2 N–H and O–H groups in total. The summed E-state index contributed by atoms with van der Waals surface area (Å²) in [5, 5.41) is 8.91. The number of ether oxygens (including phenoxy) is 5. The third-order valence-corrected chi connectivity index (χ3v) is 19.9. The van der Waals surface area contributed by atoms with Crippen LogP contribution in [0.25, 0.3) is 33.4 Å². The Kier molecular flexibility index (Phi) is 15.6. The van der Waals surface area contributed by atoms with Gasteiger partial charge in [-0.3, -0.25) is 29.4 Å². The third-order valence-electron chi connectivity index (χ3n) is 19.0. The van der Waals surface area contributed by atoms with Crippen LogP contribution in [0.4, 0.5) is 0 Å². The van der Waals surface area contributed by atoms with E-state index in [2.05, 4.69) is 101 Å². The van der Waals surface area contributed by atoms with Crippen LogP contribution in [0.1, 0.15) is 114 Å². The number of hydrazine groups is 1. The van der Waals surface area contributed by atoms with Crippen LogP contribution in [-0.2, 0) is 51.1 Å². The first-order chi connectivity index (χ1) is 38.2. The average Bonchev–Trinajstić information content (AvgIpc) is 3.91. The van der Waals surface area contributed by atoms with Crippen molar-refractivity contribution in [3.63, 3.8) is 0 Å². The maximum atomic E-state index is 15.5. The van der Waals surface area contributed by atoms with Crippen molar-refractivity contribution < 1.29 is 43.0 Å². The Labute approximate surface area is 468 Å². The van der Waals surface area contributed by atoms with Crippen molar-refractivity contribution in [2.45, 2.75) is 136 Å². The van der Waals surface area contributed by atoms with Gasteiger partial charge in [-0.25, -0.2) is 9.82 Å². The highest BCUT2D eigenvalue weighted by molar-refractivity contribution is 7.10. The molecule has 19 heteroatoms. The minimum atomic E-state index is -0.970. The Balaban J connectivity index is 1.01. The molecule has 4 aromatic rings. The fraction of sp³-hybridized carbons (Fsp3) is 0.667. The van der Waals surface area contributed by atoms with Gasteiger partial charge in [0.1, 0.15) is 11.0 Å². The molecule has 9 aliphatic rings. The summed E-state index contributed by atoms with van der Waals surface area (Å²) in [6.45, 7) is 21.1. The highest BCUT2D eigenvalue weighted by atomic mass is 32.1. The van der Waals surface area contributed by atoms with Gasteiger partial charge in [0, 0.05) is 128 Å². The Bertz CT molecular complexity index is 2970. The summed E-state index contributed by atoms with van der Waals surface area (Å²) in [7, 11) is 1.72. The smallest absolute Gasteiger partial charge is 0.329 e. The number of benzene rings is 1. The average molecular weight is 1100 g/mol. The van der Waals surface area contributed by atoms with Gasteiger partial charge < -0.3 is 33.6 Å². The lowest BCUT2D eigenvalue weighted by molar-refractivity contribution is -0.841. The first-order valence-corrected chi connectivity index (χ1v) is 30.0. The summed E-state index contributed by atoms with van der Waals surface area (Å²) in [5.74, 6) is 6.88. The monoisotopic (exact) mass is 1100 g/mol. The molecule has 8 bridgehead atoms. The van der Waals surface area contributed by atoms with Crippen LogP contribution in [0, 0.1) is 51.2 Å². The summed E-state index contributed by atoms with van der Waals surface area (Å²) in [5.41, 5.74) is 10.1. The predicted octanol–water partition coefficient (Wildman–Crippen LogP) is 7.09. The number of pyridine rings is 1. The van der Waals surface area contributed by atoms with Gasteiger partial charge in [0.2, 0.25) is 10.8 Å². The molecule has 7 aliphatic heterocycles. The molecule has 8 atom stereocenters. The van der Waals surface area contributed by atoms with Crippen LogP contribution in [0.3, 0.4) is 0 Å². The first-order valence-electron chi connectivity index (χ1n) is 29.2. The Hall–Kier alpha value is -4.88. The molecule has 79 heavy (non-hydrogen) atoms. The number of carbonyl (C=O) groups excluding carboxylic acids is 2. The predicted molar refractivity (Wildman–Crippen MR) is 298 cm³/mol. The van der Waals surface area contributed by atoms with Gasteiger partial charge in [-0.1, -0.05) is 45.6 Å². The third kappa shape index (κ3) is 10.9. The minimum absolute atomic E-state index is 0.0187. The number of rotatable bonds is 11. The van der Waals surface area contributed by atoms with E-state index >= 15 is 4.79 Å². The van der Waals surface area contributed by atoms with E-state index in [0.29, 0.717) is 77.0 Å². The summed E-state index contributed by atoms with van der Waals surface area (Å²) in [4.78, 5) is 67.0. The van der Waals surface area contributed by atoms with Gasteiger partial charge in [0.25, 0.3) is 5.91 Å². The molecule has 424 valence electrons. The number of methoxy groups -OCH3 is 1. The molecule has 10 heterocycles. The number of hydrogen-bond acceptors (Lipinski definition) is 15. The van der Waals surface area contributed by atoms with Crippen molar-refractivity contribution in [3.8, 4) is 34.4 Å². The maximum Gasteiger partial charge on any atom is 0.329 e. The van der Waals surface area contributed by atoms with Crippen LogP contribution in [0.5, 0.6) is 0 Å². The zero-order valence-corrected chi connectivity index (χ0v) is 48.0. The van der Waals surface area contributed by atoms with Crippen LogP contribution in [0.15, 0.2) is 35.8 Å². The van der Waals surface area contributed by atoms with E-state index in [9.17, 15) is 9.70 Å². The number of thiazole rings is 1. The van der Waals surface area contributed by atoms with Gasteiger partial charge in [0.05, 0.1) is 72.0 Å². The second kappa shape index (κ2) is 22.5. The normalized spacial score (nSPS) is 29.8. The topological polar surface area (TPSA) is 174 Å². The summed E-state index contributed by atoms with van der Waals surface area (Å²) < 4.78 is 32.4. The van der Waals surface area contributed by atoms with Crippen LogP contribution < -0.4 is 10.7 Å². The molecule has 13 rings (SSSR count). The van der Waals surface area contributed by atoms with E-state index in [1.165, 1.54) is 11.3 Å². The van der Waals surface area contributed by atoms with Crippen molar-refractivity contribution in [1.29, 1.82) is 0 Å². The second-order valence-electron chi connectivity index (χ2n) is 24.9. The molecule has 6 saturated heterocycles. The van der Waals surface area contributed by atoms with Crippen LogP contribution in [0.2, 0.25) is 0 Å². The van der Waals surface area contributed by atoms with Crippen molar-refractivity contribution in [2.24, 2.45) is 34.5 Å². The zero-order valence-electron chi connectivity index (χ0n) is 47.2. The van der Waals surface area contributed by atoms with E-state index in [4.69, 9.17) is 38.5 Å². The van der Waals surface area contributed by atoms with Gasteiger partial charge >= 0.3 is 6.17 Å². The number of morpholine rings is 1. The number of likely N-dealkylation sites (tertiary alicyclic amines) is 1. The summed E-state index contributed by atoms with van der Waals surface area (Å²) >= 11 is 1.54. The van der Waals surface area contributed by atoms with Gasteiger partial charge in [0.15, 0.2) is 6.61 Å². The number of fused-ring (bicyclic) bond motifs is 4. The minimum Gasteiger partial charge on any atom is -0.381 e. The number of carbonyl (C=O) groups is 2. The molecule has 2 aliphatic carbocycles. The molecule has 0 radical (unpaired) electrons. The van der Waals surface area contributed by atoms with E-state index in [1.54, 1.807) is 12.1 Å². The molecule has 2 saturated carbocycles. The quantitative estimate of drug-likeness (QED) is 0.146. The lowest BCUT2D eigenvalue weighted by Gasteiger charge is -2.56. The summed E-state index contributed by atoms with van der Waals surface area (Å²) in [6, 6.07) is 7.15. The van der Waals surface area contributed by atoms with Crippen molar-refractivity contribution in [1.82, 2.24) is 40.1 Å². The SMILES string of the molecule is CO[C@@H](C)c1ncc(C#C[C@@H](C)N2CCOCC2)cc1-c1c2c3cc(ccc3n1CCOC1CCOCC1)-c1csc(n1)[C@@H](N1CC3(CCOCC3)C1)[C@H](NC(=O)C1[C@@H](C)[C@H]1C)C(=O)N1N[C@@H](C3CC1C3)[N+](=O)OCC(C)(C)C2. The highest BCUT2D eigenvalue weighted by Gasteiger charge is 2.59. The van der Waals surface area contributed by atoms with Crippen molar-refractivity contribution in [3.05, 3.63) is 62.6 Å². The largest absolute Gasteiger partial charge is 0.381 e. The highest BCUT2D eigenvalue weighted by Crippen LogP contribution is 2.50. The van der Waals surface area contributed by atoms with E-state index in [-0.39, 0.29) is 71.8 Å². The number of nitrogens with one attached hydrogen (secondary N) is 2. The van der Waals surface area contributed by atoms with Crippen molar-refractivity contribution in [2.75, 3.05) is 86.1 Å². The Morgan fingerprint density at radius 2 is 1.75 bits per heavy atom. The molecule has 1 aromatic carbocycles. The molecule has 18 nitrogen and oxygen atoms in total. The lowest BCUT2D eigenvalue weighted by atomic mass is 9.72. The molecule has 2 amide bonds. The first kappa shape index (κ1) is 54.7. The summed E-state index contributed by atoms with van der Waals surface area (Å²) in [6.07, 6.45) is 6.20. The zero-order chi connectivity index (χ0) is 54.7. The van der Waals surface area contributed by atoms with Gasteiger partial charge in [-0.05, 0) is 94.4 Å². The van der Waals surface area contributed by atoms with Crippen molar-refractivity contribution >= 4 is 34.1 Å². The Morgan fingerprint density at radius 1 is 1.01 bits per heavy atom. The maximum absolute atomic E-state index is 15.5. The van der Waals surface area contributed by atoms with E-state index in [1.807, 2.05) is 13.1 Å². The molecule has 1 unspecified atom stereocenters. The van der Waals surface area contributed by atoms with E-state index in [0.717, 1.165) is 107 Å². The standard InChI is InChI=1S/C60H79N9O9S/c1-36(65-16-23-76-24-17-65)8-9-40-26-46(51(61-31-40)39(4)73-7)53-47-30-59(5,6)35-78-69(72)55-42-27-43(28-42)68(64-55)58(71)52(63-56(70)50-37(2)38(50)3)54(66-33-60(34-66)14-21-75-22-15-60)57-62-48(32-79-57)41-10-11-49(45(47)29-41)67(53)18-25-77-44-12-19-74-20-13-44/h10-11,26,29,31-32,36-39,42-44,50,52,54-55,64H,12-25,27-28,30,33-35H2,1-7H3/p+1/t36-,37-,38+,39+,42?,43?,50?,52+,54+,55-/m1/s1. The molecule has 1 spiro atoms. The van der Waals surface area contributed by atoms with Gasteiger partial charge in [-0.15, -0.1) is 11.3 Å². The number of hydrogen-bond donors (Lipinski definition) is 2. The van der Waals surface area contributed by atoms with E-state index < -0.39 is 23.7 Å². The molecular weight excluding hydrogens is 1020 g/mol. The molecule has 8 fully saturated rings. The fourth-order valence-electron chi connectivity index (χ4n) is 13.6.